The Morgan fingerprint density at radius 1 is 1.43 bits per heavy atom. The van der Waals surface area contributed by atoms with Crippen molar-refractivity contribution in [3.8, 4) is 5.75 Å². The lowest BCUT2D eigenvalue weighted by atomic mass is 10.0. The maximum absolute atomic E-state index is 11.8. The highest BCUT2D eigenvalue weighted by Crippen LogP contribution is 2.23. The fraction of sp³-hybridized carbons (Fsp3) is 0.385. The van der Waals surface area contributed by atoms with E-state index in [9.17, 15) is 27.9 Å². The molecule has 1 aromatic carbocycles. The number of hydrogen-bond donors (Lipinski definition) is 2. The zero-order chi connectivity index (χ0) is 16.0. The van der Waals surface area contributed by atoms with Crippen molar-refractivity contribution in [1.82, 2.24) is 5.32 Å². The van der Waals surface area contributed by atoms with Crippen LogP contribution in [0.5, 0.6) is 5.75 Å². The Hall–Kier alpha value is -2.09. The Balaban J connectivity index is 2.57. The number of halogens is 3. The molecule has 1 aromatic rings. The predicted octanol–water partition coefficient (Wildman–Crippen LogP) is 1.82. The van der Waals surface area contributed by atoms with Crippen LogP contribution in [0.2, 0.25) is 0 Å². The number of amides is 1. The molecule has 0 fully saturated rings. The van der Waals surface area contributed by atoms with E-state index in [1.165, 1.54) is 12.1 Å². The van der Waals surface area contributed by atoms with Gasteiger partial charge in [0.2, 0.25) is 0 Å². The van der Waals surface area contributed by atoms with E-state index in [2.05, 4.69) is 10.1 Å². The minimum absolute atomic E-state index is 0.0338. The van der Waals surface area contributed by atoms with Crippen LogP contribution in [0, 0.1) is 6.92 Å². The van der Waals surface area contributed by atoms with Crippen LogP contribution in [-0.4, -0.2) is 43.2 Å². The topological polar surface area (TPSA) is 75.6 Å². The van der Waals surface area contributed by atoms with Crippen LogP contribution in [-0.2, 0) is 4.74 Å². The Kier molecular flexibility index (Phi) is 5.71. The van der Waals surface area contributed by atoms with Gasteiger partial charge in [0.1, 0.15) is 12.4 Å². The number of rotatable bonds is 6. The highest BCUT2D eigenvalue weighted by molar-refractivity contribution is 5.99. The van der Waals surface area contributed by atoms with E-state index in [-0.39, 0.29) is 24.3 Å². The van der Waals surface area contributed by atoms with Crippen molar-refractivity contribution in [1.29, 1.82) is 0 Å². The minimum atomic E-state index is -4.42. The molecule has 2 N–H and O–H groups in total. The molecule has 1 amide bonds. The Labute approximate surface area is 118 Å². The molecular weight excluding hydrogens is 291 g/mol. The van der Waals surface area contributed by atoms with Crippen LogP contribution in [0.4, 0.5) is 13.2 Å². The van der Waals surface area contributed by atoms with E-state index in [0.29, 0.717) is 11.8 Å². The van der Waals surface area contributed by atoms with Gasteiger partial charge >= 0.3 is 6.18 Å². The first-order valence-electron chi connectivity index (χ1n) is 5.96. The molecule has 0 bridgehead atoms. The Morgan fingerprint density at radius 3 is 2.67 bits per heavy atom. The summed E-state index contributed by atoms with van der Waals surface area (Å²) in [6, 6.07) is 2.78. The van der Waals surface area contributed by atoms with E-state index in [1.807, 2.05) is 0 Å². The van der Waals surface area contributed by atoms with Crippen LogP contribution in [0.3, 0.4) is 0 Å². The summed E-state index contributed by atoms with van der Waals surface area (Å²) in [6.45, 7) is -0.236. The van der Waals surface area contributed by atoms with Gasteiger partial charge in [-0.15, -0.1) is 0 Å². The largest absolute Gasteiger partial charge is 0.506 e. The number of hydrogen-bond acceptors (Lipinski definition) is 4. The van der Waals surface area contributed by atoms with Crippen LogP contribution in [0.15, 0.2) is 12.1 Å². The molecule has 0 aromatic heterocycles. The van der Waals surface area contributed by atoms with E-state index in [1.54, 1.807) is 6.92 Å². The molecule has 0 spiro atoms. The van der Waals surface area contributed by atoms with Gasteiger partial charge < -0.3 is 15.2 Å². The zero-order valence-corrected chi connectivity index (χ0v) is 11.2. The molecule has 116 valence electrons. The molecule has 21 heavy (non-hydrogen) atoms. The number of phenolic OH excluding ortho intramolecular Hbond substituents is 1. The lowest BCUT2D eigenvalue weighted by molar-refractivity contribution is -0.173. The fourth-order valence-electron chi connectivity index (χ4n) is 1.59. The minimum Gasteiger partial charge on any atom is -0.506 e. The zero-order valence-electron chi connectivity index (χ0n) is 11.2. The van der Waals surface area contributed by atoms with Gasteiger partial charge in [0, 0.05) is 6.54 Å². The maximum atomic E-state index is 11.8. The van der Waals surface area contributed by atoms with Crippen molar-refractivity contribution >= 4 is 12.2 Å². The van der Waals surface area contributed by atoms with Crippen LogP contribution < -0.4 is 5.32 Å². The smallest absolute Gasteiger partial charge is 0.411 e. The summed E-state index contributed by atoms with van der Waals surface area (Å²) in [5, 5.41) is 12.0. The van der Waals surface area contributed by atoms with Gasteiger partial charge in [-0.2, -0.15) is 13.2 Å². The highest BCUT2D eigenvalue weighted by atomic mass is 19.4. The third-order valence-corrected chi connectivity index (χ3v) is 2.45. The lowest BCUT2D eigenvalue weighted by Gasteiger charge is -2.10. The van der Waals surface area contributed by atoms with Crippen LogP contribution in [0.25, 0.3) is 0 Å². The molecule has 0 aliphatic carbocycles. The number of aromatic hydroxyl groups is 1. The summed E-state index contributed by atoms with van der Waals surface area (Å²) < 4.78 is 39.8. The summed E-state index contributed by atoms with van der Waals surface area (Å²) in [6.07, 6.45) is -4.01. The monoisotopic (exact) mass is 305 g/mol. The van der Waals surface area contributed by atoms with Gasteiger partial charge in [0.25, 0.3) is 5.91 Å². The second-order valence-electron chi connectivity index (χ2n) is 4.29. The van der Waals surface area contributed by atoms with Crippen molar-refractivity contribution in [2.75, 3.05) is 19.8 Å². The average Bonchev–Trinajstić information content (AvgIpc) is 2.39. The maximum Gasteiger partial charge on any atom is 0.411 e. The van der Waals surface area contributed by atoms with Crippen molar-refractivity contribution < 1.29 is 32.6 Å². The van der Waals surface area contributed by atoms with Gasteiger partial charge in [-0.3, -0.25) is 9.59 Å². The molecular formula is C13H14F3NO4. The van der Waals surface area contributed by atoms with Crippen molar-refractivity contribution in [3.63, 3.8) is 0 Å². The third kappa shape index (κ3) is 5.42. The average molecular weight is 305 g/mol. The fourth-order valence-corrected chi connectivity index (χ4v) is 1.59. The van der Waals surface area contributed by atoms with Gasteiger partial charge in [-0.25, -0.2) is 0 Å². The first-order valence-corrected chi connectivity index (χ1v) is 5.96. The molecule has 8 heteroatoms. The van der Waals surface area contributed by atoms with E-state index in [4.69, 9.17) is 0 Å². The molecule has 0 aliphatic heterocycles. The van der Waals surface area contributed by atoms with Gasteiger partial charge in [-0.05, 0) is 24.6 Å². The first-order chi connectivity index (χ1) is 9.74. The number of phenols is 1. The number of benzene rings is 1. The van der Waals surface area contributed by atoms with Gasteiger partial charge in [0.15, 0.2) is 6.29 Å². The molecule has 5 nitrogen and oxygen atoms in total. The number of ether oxygens (including phenoxy) is 1. The summed E-state index contributed by atoms with van der Waals surface area (Å²) in [7, 11) is 0. The second kappa shape index (κ2) is 7.07. The molecule has 0 atom stereocenters. The van der Waals surface area contributed by atoms with Gasteiger partial charge in [-0.1, -0.05) is 0 Å². The first kappa shape index (κ1) is 17.0. The molecule has 0 radical (unpaired) electrons. The SMILES string of the molecule is Cc1cc(C=O)c(O)c(C(=O)NCCOCC(F)(F)F)c1. The quantitative estimate of drug-likeness (QED) is 0.621. The molecule has 0 saturated heterocycles. The molecule has 0 heterocycles. The third-order valence-electron chi connectivity index (χ3n) is 2.45. The van der Waals surface area contributed by atoms with Crippen LogP contribution >= 0.6 is 0 Å². The summed E-state index contributed by atoms with van der Waals surface area (Å²) >= 11 is 0. The number of aldehydes is 1. The normalized spacial score (nSPS) is 11.2. The number of aryl methyl sites for hydroxylation is 1. The summed E-state index contributed by atoms with van der Waals surface area (Å²) in [5.74, 6) is -1.17. The molecule has 1 rings (SSSR count). The molecule has 0 saturated carbocycles. The Bertz CT molecular complexity index is 529. The molecule has 0 aliphatic rings. The van der Waals surface area contributed by atoms with Crippen molar-refractivity contribution in [2.24, 2.45) is 0 Å². The van der Waals surface area contributed by atoms with E-state index >= 15 is 0 Å². The van der Waals surface area contributed by atoms with Gasteiger partial charge in [0.05, 0.1) is 17.7 Å². The standard InChI is InChI=1S/C13H14F3NO4/c1-8-4-9(6-18)11(19)10(5-8)12(20)17-2-3-21-7-13(14,15)16/h4-6,19H,2-3,7H2,1H3,(H,17,20). The van der Waals surface area contributed by atoms with Crippen LogP contribution in [0.1, 0.15) is 26.3 Å². The van der Waals surface area contributed by atoms with Crippen molar-refractivity contribution in [3.05, 3.63) is 28.8 Å². The summed E-state index contributed by atoms with van der Waals surface area (Å²) in [4.78, 5) is 22.5. The number of carbonyl (C=O) groups excluding carboxylic acids is 2. The highest BCUT2D eigenvalue weighted by Gasteiger charge is 2.27. The lowest BCUT2D eigenvalue weighted by Crippen LogP contribution is -2.29. The number of nitrogens with one attached hydrogen (secondary N) is 1. The predicted molar refractivity (Wildman–Crippen MR) is 67.4 cm³/mol. The Morgan fingerprint density at radius 2 is 2.10 bits per heavy atom. The summed E-state index contributed by atoms with van der Waals surface area (Å²) in [5.41, 5.74) is 0.440. The van der Waals surface area contributed by atoms with E-state index < -0.39 is 24.4 Å². The molecule has 0 unspecified atom stereocenters. The van der Waals surface area contributed by atoms with Crippen molar-refractivity contribution in [2.45, 2.75) is 13.1 Å². The number of alkyl halides is 3. The van der Waals surface area contributed by atoms with E-state index in [0.717, 1.165) is 0 Å². The number of carbonyl (C=O) groups is 2. The second-order valence-corrected chi connectivity index (χ2v) is 4.29.